The number of hydrogen-bond acceptors (Lipinski definition) is 3. The number of nitrogens with two attached hydrogens (primary N) is 1. The molecule has 2 rings (SSSR count). The summed E-state index contributed by atoms with van der Waals surface area (Å²) in [6, 6.07) is 10.3. The molecule has 3 nitrogen and oxygen atoms in total. The quantitative estimate of drug-likeness (QED) is 0.823. The standard InChI is InChI=1S/C13H17N3/c1-2-10(14)9-16-13-7-8-15-12-6-4-3-5-11(12)13/h3-8,10H,2,9,14H2,1H3,(H,15,16). The molecule has 0 bridgehead atoms. The average molecular weight is 215 g/mol. The first kappa shape index (κ1) is 10.9. The number of anilines is 1. The van der Waals surface area contributed by atoms with Crippen molar-refractivity contribution in [3.8, 4) is 0 Å². The van der Waals surface area contributed by atoms with Crippen LogP contribution < -0.4 is 11.1 Å². The first-order valence-electron chi connectivity index (χ1n) is 5.64. The van der Waals surface area contributed by atoms with Gasteiger partial charge >= 0.3 is 0 Å². The van der Waals surface area contributed by atoms with E-state index in [1.807, 2.05) is 30.5 Å². The van der Waals surface area contributed by atoms with Crippen LogP contribution in [-0.2, 0) is 0 Å². The number of fused-ring (bicyclic) bond motifs is 1. The number of nitrogens with one attached hydrogen (secondary N) is 1. The third kappa shape index (κ3) is 2.31. The molecule has 2 aromatic rings. The maximum absolute atomic E-state index is 5.89. The zero-order valence-electron chi connectivity index (χ0n) is 9.48. The summed E-state index contributed by atoms with van der Waals surface area (Å²) >= 11 is 0. The second-order valence-corrected chi connectivity index (χ2v) is 3.92. The van der Waals surface area contributed by atoms with Gasteiger partial charge in [0.15, 0.2) is 0 Å². The van der Waals surface area contributed by atoms with E-state index in [1.54, 1.807) is 0 Å². The Morgan fingerprint density at radius 2 is 2.12 bits per heavy atom. The fraction of sp³-hybridized carbons (Fsp3) is 0.308. The van der Waals surface area contributed by atoms with Crippen LogP contribution in [0.5, 0.6) is 0 Å². The van der Waals surface area contributed by atoms with E-state index in [1.165, 1.54) is 0 Å². The van der Waals surface area contributed by atoms with Crippen LogP contribution in [0.3, 0.4) is 0 Å². The van der Waals surface area contributed by atoms with Gasteiger partial charge in [-0.3, -0.25) is 4.98 Å². The molecule has 0 spiro atoms. The number of aromatic nitrogens is 1. The molecule has 0 aliphatic heterocycles. The molecule has 1 heterocycles. The van der Waals surface area contributed by atoms with E-state index < -0.39 is 0 Å². The van der Waals surface area contributed by atoms with Gasteiger partial charge in [-0.25, -0.2) is 0 Å². The van der Waals surface area contributed by atoms with Gasteiger partial charge in [-0.15, -0.1) is 0 Å². The van der Waals surface area contributed by atoms with Crippen molar-refractivity contribution in [1.29, 1.82) is 0 Å². The Morgan fingerprint density at radius 3 is 2.94 bits per heavy atom. The van der Waals surface area contributed by atoms with Crippen molar-refractivity contribution in [1.82, 2.24) is 4.98 Å². The van der Waals surface area contributed by atoms with Crippen molar-refractivity contribution in [3.63, 3.8) is 0 Å². The summed E-state index contributed by atoms with van der Waals surface area (Å²) in [6.45, 7) is 2.89. The summed E-state index contributed by atoms with van der Waals surface area (Å²) in [7, 11) is 0. The van der Waals surface area contributed by atoms with E-state index in [4.69, 9.17) is 5.73 Å². The number of hydrogen-bond donors (Lipinski definition) is 2. The van der Waals surface area contributed by atoms with Gasteiger partial charge in [-0.05, 0) is 18.6 Å². The van der Waals surface area contributed by atoms with E-state index >= 15 is 0 Å². The minimum atomic E-state index is 0.201. The highest BCUT2D eigenvalue weighted by Gasteiger charge is 2.02. The monoisotopic (exact) mass is 215 g/mol. The summed E-state index contributed by atoms with van der Waals surface area (Å²) in [4.78, 5) is 4.32. The van der Waals surface area contributed by atoms with Gasteiger partial charge in [0, 0.05) is 29.9 Å². The molecular formula is C13H17N3. The van der Waals surface area contributed by atoms with Crippen LogP contribution in [0.25, 0.3) is 10.9 Å². The molecule has 1 aromatic carbocycles. The molecule has 0 saturated carbocycles. The molecular weight excluding hydrogens is 198 g/mol. The predicted octanol–water partition coefficient (Wildman–Crippen LogP) is 2.38. The molecule has 0 aliphatic carbocycles. The molecule has 1 aromatic heterocycles. The summed E-state index contributed by atoms with van der Waals surface area (Å²) in [5, 5.41) is 4.52. The molecule has 16 heavy (non-hydrogen) atoms. The summed E-state index contributed by atoms with van der Waals surface area (Å²) in [6.07, 6.45) is 2.80. The Labute approximate surface area is 95.7 Å². The third-order valence-corrected chi connectivity index (χ3v) is 2.73. The predicted molar refractivity (Wildman–Crippen MR) is 68.5 cm³/mol. The average Bonchev–Trinajstić information content (AvgIpc) is 2.35. The smallest absolute Gasteiger partial charge is 0.0722 e. The van der Waals surface area contributed by atoms with Crippen LogP contribution in [0.4, 0.5) is 5.69 Å². The number of benzene rings is 1. The maximum atomic E-state index is 5.89. The number of nitrogens with zero attached hydrogens (tertiary/aromatic N) is 1. The van der Waals surface area contributed by atoms with Crippen LogP contribution >= 0.6 is 0 Å². The van der Waals surface area contributed by atoms with E-state index in [0.717, 1.165) is 29.6 Å². The van der Waals surface area contributed by atoms with E-state index in [-0.39, 0.29) is 6.04 Å². The highest BCUT2D eigenvalue weighted by Crippen LogP contribution is 2.20. The van der Waals surface area contributed by atoms with Gasteiger partial charge in [0.25, 0.3) is 0 Å². The first-order valence-corrected chi connectivity index (χ1v) is 5.64. The van der Waals surface area contributed by atoms with Crippen LogP contribution in [0, 0.1) is 0 Å². The van der Waals surface area contributed by atoms with Gasteiger partial charge < -0.3 is 11.1 Å². The van der Waals surface area contributed by atoms with Crippen LogP contribution in [-0.4, -0.2) is 17.6 Å². The molecule has 1 unspecified atom stereocenters. The molecule has 0 amide bonds. The number of rotatable bonds is 4. The van der Waals surface area contributed by atoms with Crippen LogP contribution in [0.2, 0.25) is 0 Å². The summed E-state index contributed by atoms with van der Waals surface area (Å²) in [5.41, 5.74) is 8.00. The lowest BCUT2D eigenvalue weighted by molar-refractivity contribution is 0.679. The van der Waals surface area contributed by atoms with Crippen molar-refractivity contribution < 1.29 is 0 Å². The Balaban J connectivity index is 2.23. The second kappa shape index (κ2) is 4.94. The Bertz CT molecular complexity index is 462. The highest BCUT2D eigenvalue weighted by atomic mass is 14.9. The summed E-state index contributed by atoms with van der Waals surface area (Å²) < 4.78 is 0. The van der Waals surface area contributed by atoms with Gasteiger partial charge in [0.05, 0.1) is 5.52 Å². The summed E-state index contributed by atoms with van der Waals surface area (Å²) in [5.74, 6) is 0. The highest BCUT2D eigenvalue weighted by molar-refractivity contribution is 5.90. The molecule has 0 aliphatic rings. The second-order valence-electron chi connectivity index (χ2n) is 3.92. The van der Waals surface area contributed by atoms with Crippen molar-refractivity contribution >= 4 is 16.6 Å². The van der Waals surface area contributed by atoms with E-state index in [9.17, 15) is 0 Å². The normalized spacial score (nSPS) is 12.6. The van der Waals surface area contributed by atoms with Gasteiger partial charge in [-0.1, -0.05) is 25.1 Å². The maximum Gasteiger partial charge on any atom is 0.0722 e. The topological polar surface area (TPSA) is 50.9 Å². The van der Waals surface area contributed by atoms with Gasteiger partial charge in [-0.2, -0.15) is 0 Å². The molecule has 1 atom stereocenters. The van der Waals surface area contributed by atoms with Crippen molar-refractivity contribution in [2.24, 2.45) is 5.73 Å². The molecule has 3 heteroatoms. The van der Waals surface area contributed by atoms with Crippen LogP contribution in [0.15, 0.2) is 36.5 Å². The fourth-order valence-corrected chi connectivity index (χ4v) is 1.64. The Morgan fingerprint density at radius 1 is 1.31 bits per heavy atom. The Kier molecular flexibility index (Phi) is 3.37. The first-order chi connectivity index (χ1) is 7.81. The molecule has 3 N–H and O–H groups in total. The minimum absolute atomic E-state index is 0.201. The molecule has 0 fully saturated rings. The van der Waals surface area contributed by atoms with Gasteiger partial charge in [0.1, 0.15) is 0 Å². The minimum Gasteiger partial charge on any atom is -0.383 e. The SMILES string of the molecule is CCC(N)CNc1ccnc2ccccc12. The zero-order valence-corrected chi connectivity index (χ0v) is 9.48. The number of pyridine rings is 1. The lowest BCUT2D eigenvalue weighted by Crippen LogP contribution is -2.28. The van der Waals surface area contributed by atoms with E-state index in [0.29, 0.717) is 0 Å². The van der Waals surface area contributed by atoms with Crippen molar-refractivity contribution in [2.75, 3.05) is 11.9 Å². The largest absolute Gasteiger partial charge is 0.383 e. The third-order valence-electron chi connectivity index (χ3n) is 2.73. The van der Waals surface area contributed by atoms with Crippen LogP contribution in [0.1, 0.15) is 13.3 Å². The molecule has 0 saturated heterocycles. The van der Waals surface area contributed by atoms with Crippen molar-refractivity contribution in [3.05, 3.63) is 36.5 Å². The Hall–Kier alpha value is -1.61. The van der Waals surface area contributed by atoms with E-state index in [2.05, 4.69) is 23.3 Å². The van der Waals surface area contributed by atoms with Crippen molar-refractivity contribution in [2.45, 2.75) is 19.4 Å². The number of para-hydroxylation sites is 1. The lowest BCUT2D eigenvalue weighted by atomic mass is 10.1. The molecule has 0 radical (unpaired) electrons. The zero-order chi connectivity index (χ0) is 11.4. The van der Waals surface area contributed by atoms with Gasteiger partial charge in [0.2, 0.25) is 0 Å². The lowest BCUT2D eigenvalue weighted by Gasteiger charge is -2.13. The fourth-order valence-electron chi connectivity index (χ4n) is 1.64. The molecule has 84 valence electrons.